The quantitative estimate of drug-likeness (QED) is 0.152. The van der Waals surface area contributed by atoms with E-state index in [4.69, 9.17) is 18.1 Å². The van der Waals surface area contributed by atoms with Crippen molar-refractivity contribution in [2.45, 2.75) is 27.7 Å². The molecular formula is C37H44O8P4. The maximum Gasteiger partial charge on any atom is 0.331 e. The molecule has 8 nitrogen and oxygen atoms in total. The first-order chi connectivity index (χ1) is 23.3. The zero-order valence-electron chi connectivity index (χ0n) is 28.4. The van der Waals surface area contributed by atoms with Crippen molar-refractivity contribution in [2.75, 3.05) is 51.1 Å². The van der Waals surface area contributed by atoms with Crippen LogP contribution in [0.5, 0.6) is 0 Å². The van der Waals surface area contributed by atoms with Crippen LogP contribution in [0.2, 0.25) is 0 Å². The van der Waals surface area contributed by atoms with Crippen LogP contribution in [-0.4, -0.2) is 51.1 Å². The Balaban J connectivity index is 1.12. The molecule has 0 N–H and O–H groups in total. The Hall–Kier alpha value is -2.36. The van der Waals surface area contributed by atoms with Gasteiger partial charge in [-0.3, -0.25) is 9.13 Å². The van der Waals surface area contributed by atoms with E-state index in [0.717, 1.165) is 43.5 Å². The van der Waals surface area contributed by atoms with Crippen LogP contribution in [0.3, 0.4) is 0 Å². The molecule has 2 heterocycles. The van der Waals surface area contributed by atoms with Gasteiger partial charge in [-0.2, -0.15) is 0 Å². The van der Waals surface area contributed by atoms with E-state index in [9.17, 15) is 18.3 Å². The highest BCUT2D eigenvalue weighted by molar-refractivity contribution is 7.80. The number of hydrogen-bond donors (Lipinski definition) is 0. The second-order valence-corrected chi connectivity index (χ2v) is 23.5. The van der Waals surface area contributed by atoms with E-state index < -0.39 is 34.9 Å². The Morgan fingerprint density at radius 2 is 0.735 bits per heavy atom. The largest absolute Gasteiger partial charge is 0.331 e. The van der Waals surface area contributed by atoms with Gasteiger partial charge in [0.05, 0.1) is 44.2 Å². The zero-order valence-corrected chi connectivity index (χ0v) is 32.0. The summed E-state index contributed by atoms with van der Waals surface area (Å²) >= 11 is 0. The predicted octanol–water partition coefficient (Wildman–Crippen LogP) is 7.71. The van der Waals surface area contributed by atoms with Gasteiger partial charge in [-0.15, -0.1) is 0 Å². The summed E-state index contributed by atoms with van der Waals surface area (Å²) in [6, 6.07) is 30.4. The van der Waals surface area contributed by atoms with Gasteiger partial charge in [-0.25, -0.2) is 0 Å². The van der Waals surface area contributed by atoms with Crippen molar-refractivity contribution < 1.29 is 36.4 Å². The summed E-state index contributed by atoms with van der Waals surface area (Å²) in [5.41, 5.74) is 2.84. The molecular weight excluding hydrogens is 696 g/mol. The summed E-state index contributed by atoms with van der Waals surface area (Å²) in [7, 11) is -13.6. The van der Waals surface area contributed by atoms with E-state index in [1.165, 1.54) is 0 Å². The standard InChI is InChI=1S/C37H44O8P4/c1-29-13-5-9-17-33(29)46(38,34-18-10-6-14-30(34)2)21-23-48(40)42-25-37(26-43-48)27-44-49(41,45-28-37)24-22-47(39,35-19-11-7-15-31(35)3)36-20-12-8-16-32(36)4/h5-20H,21-28H2,1-4H3. The van der Waals surface area contributed by atoms with Crippen LogP contribution in [0.25, 0.3) is 0 Å². The Kier molecular flexibility index (Phi) is 10.7. The summed E-state index contributed by atoms with van der Waals surface area (Å²) < 4.78 is 81.1. The molecule has 0 saturated carbocycles. The molecule has 2 aliphatic rings. The number of hydrogen-bond acceptors (Lipinski definition) is 8. The number of benzene rings is 4. The van der Waals surface area contributed by atoms with Crippen molar-refractivity contribution in [2.24, 2.45) is 5.41 Å². The Bertz CT molecular complexity index is 1770. The molecule has 260 valence electrons. The second-order valence-electron chi connectivity index (χ2n) is 13.3. The van der Waals surface area contributed by atoms with Gasteiger partial charge in [-0.05, 0) is 49.9 Å². The van der Waals surface area contributed by atoms with E-state index >= 15 is 0 Å². The topological polar surface area (TPSA) is 105 Å². The first-order valence-electron chi connectivity index (χ1n) is 16.5. The van der Waals surface area contributed by atoms with Crippen molar-refractivity contribution >= 4 is 50.7 Å². The molecule has 12 heteroatoms. The maximum absolute atomic E-state index is 14.8. The molecule has 0 aliphatic carbocycles. The van der Waals surface area contributed by atoms with E-state index in [-0.39, 0.29) is 51.1 Å². The van der Waals surface area contributed by atoms with Crippen LogP contribution in [0.1, 0.15) is 22.3 Å². The van der Waals surface area contributed by atoms with E-state index in [1.54, 1.807) is 0 Å². The fourth-order valence-electron chi connectivity index (χ4n) is 6.67. The van der Waals surface area contributed by atoms with Gasteiger partial charge in [0.15, 0.2) is 0 Å². The minimum Gasteiger partial charge on any atom is -0.314 e. The average molecular weight is 741 g/mol. The minimum atomic E-state index is -3.61. The monoisotopic (exact) mass is 740 g/mol. The average Bonchev–Trinajstić information content (AvgIpc) is 3.10. The van der Waals surface area contributed by atoms with Crippen molar-refractivity contribution in [1.29, 1.82) is 0 Å². The maximum atomic E-state index is 14.8. The van der Waals surface area contributed by atoms with Crippen molar-refractivity contribution in [3.63, 3.8) is 0 Å². The molecule has 2 saturated heterocycles. The molecule has 4 aromatic rings. The molecule has 0 atom stereocenters. The van der Waals surface area contributed by atoms with Gasteiger partial charge in [0.25, 0.3) is 0 Å². The highest BCUT2D eigenvalue weighted by Gasteiger charge is 2.49. The van der Waals surface area contributed by atoms with Gasteiger partial charge in [-0.1, -0.05) is 97.1 Å². The van der Waals surface area contributed by atoms with Crippen LogP contribution in [-0.2, 0) is 36.4 Å². The Morgan fingerprint density at radius 1 is 0.490 bits per heavy atom. The van der Waals surface area contributed by atoms with Crippen molar-refractivity contribution in [3.05, 3.63) is 119 Å². The molecule has 2 fully saturated rings. The fourth-order valence-corrected chi connectivity index (χ4v) is 18.8. The summed E-state index contributed by atoms with van der Waals surface area (Å²) in [5, 5.41) is 2.96. The third-order valence-corrected chi connectivity index (χ3v) is 20.8. The van der Waals surface area contributed by atoms with Crippen molar-refractivity contribution in [1.82, 2.24) is 0 Å². The van der Waals surface area contributed by atoms with Crippen LogP contribution in [0.4, 0.5) is 0 Å². The van der Waals surface area contributed by atoms with Gasteiger partial charge in [0.1, 0.15) is 14.3 Å². The van der Waals surface area contributed by atoms with Crippen LogP contribution >= 0.6 is 29.5 Å². The summed E-state index contributed by atoms with van der Waals surface area (Å²) in [6.07, 6.45) is 0.209. The number of rotatable bonds is 10. The first kappa shape index (κ1) is 36.4. The summed E-state index contributed by atoms with van der Waals surface area (Å²) in [4.78, 5) is 0. The Morgan fingerprint density at radius 3 is 0.980 bits per heavy atom. The lowest BCUT2D eigenvalue weighted by molar-refractivity contribution is -0.0680. The van der Waals surface area contributed by atoms with Crippen LogP contribution < -0.4 is 21.2 Å². The predicted molar refractivity (Wildman–Crippen MR) is 199 cm³/mol. The highest BCUT2D eigenvalue weighted by atomic mass is 31.2. The lowest BCUT2D eigenvalue weighted by atomic mass is 9.93. The van der Waals surface area contributed by atoms with Crippen molar-refractivity contribution in [3.8, 4) is 0 Å². The van der Waals surface area contributed by atoms with Gasteiger partial charge >= 0.3 is 15.2 Å². The normalized spacial score (nSPS) is 24.6. The molecule has 0 unspecified atom stereocenters. The zero-order chi connectivity index (χ0) is 34.9. The van der Waals surface area contributed by atoms with Gasteiger partial charge in [0, 0.05) is 33.5 Å². The first-order valence-corrected chi connectivity index (χ1v) is 23.7. The van der Waals surface area contributed by atoms with E-state index in [2.05, 4.69) is 0 Å². The summed E-state index contributed by atoms with van der Waals surface area (Å²) in [6.45, 7) is 7.83. The second kappa shape index (κ2) is 14.3. The van der Waals surface area contributed by atoms with Crippen LogP contribution in [0.15, 0.2) is 97.1 Å². The molecule has 0 amide bonds. The van der Waals surface area contributed by atoms with Gasteiger partial charge < -0.3 is 27.2 Å². The molecule has 6 rings (SSSR count). The lowest BCUT2D eigenvalue weighted by Gasteiger charge is -2.43. The smallest absolute Gasteiger partial charge is 0.314 e. The van der Waals surface area contributed by atoms with Gasteiger partial charge in [0.2, 0.25) is 0 Å². The summed E-state index contributed by atoms with van der Waals surface area (Å²) in [5.74, 6) is 0. The molecule has 0 bridgehead atoms. The molecule has 0 radical (unpaired) electrons. The molecule has 0 aromatic heterocycles. The fraction of sp³-hybridized carbons (Fsp3) is 0.351. The van der Waals surface area contributed by atoms with E-state index in [0.29, 0.717) is 0 Å². The molecule has 2 aliphatic heterocycles. The molecule has 1 spiro atoms. The highest BCUT2D eigenvalue weighted by Crippen LogP contribution is 2.62. The molecule has 49 heavy (non-hydrogen) atoms. The molecule has 4 aromatic carbocycles. The van der Waals surface area contributed by atoms with Crippen LogP contribution in [0, 0.1) is 33.1 Å². The number of aryl methyl sites for hydroxylation is 4. The minimum absolute atomic E-state index is 0.0175. The Labute approximate surface area is 289 Å². The SMILES string of the molecule is Cc1ccccc1P(=O)(CCP1(=O)OCC2(CO1)COP(=O)(CCP(=O)(c1ccccc1C)c1ccccc1C)OC2)c1ccccc1C. The van der Waals surface area contributed by atoms with E-state index in [1.807, 2.05) is 125 Å². The lowest BCUT2D eigenvalue weighted by Crippen LogP contribution is -2.46. The third kappa shape index (κ3) is 7.50. The third-order valence-electron chi connectivity index (χ3n) is 9.67.